The number of methoxy groups -OCH3 is 1. The van der Waals surface area contributed by atoms with Crippen LogP contribution in [0.2, 0.25) is 5.02 Å². The van der Waals surface area contributed by atoms with Gasteiger partial charge in [-0.15, -0.1) is 0 Å². The molecule has 2 nitrogen and oxygen atoms in total. The summed E-state index contributed by atoms with van der Waals surface area (Å²) in [6, 6.07) is 5.80. The zero-order valence-corrected chi connectivity index (χ0v) is 8.69. The van der Waals surface area contributed by atoms with E-state index in [1.54, 1.807) is 7.11 Å². The maximum Gasteiger partial charge on any atom is 0.137 e. The zero-order valence-electron chi connectivity index (χ0n) is 7.93. The summed E-state index contributed by atoms with van der Waals surface area (Å²) in [5, 5.41) is 3.89. The Hall–Kier alpha value is -0.730. The van der Waals surface area contributed by atoms with Gasteiger partial charge in [0, 0.05) is 6.54 Å². The Morgan fingerprint density at radius 1 is 1.46 bits per heavy atom. The van der Waals surface area contributed by atoms with Gasteiger partial charge in [-0.3, -0.25) is 0 Å². The van der Waals surface area contributed by atoms with Crippen LogP contribution >= 0.6 is 11.6 Å². The lowest BCUT2D eigenvalue weighted by Gasteiger charge is -2.06. The molecule has 0 fully saturated rings. The summed E-state index contributed by atoms with van der Waals surface area (Å²) in [4.78, 5) is 0. The molecule has 0 aliphatic heterocycles. The minimum Gasteiger partial charge on any atom is -0.495 e. The van der Waals surface area contributed by atoms with Gasteiger partial charge in [0.25, 0.3) is 0 Å². The lowest BCUT2D eigenvalue weighted by molar-refractivity contribution is 0.414. The molecule has 0 saturated heterocycles. The summed E-state index contributed by atoms with van der Waals surface area (Å²) < 4.78 is 5.11. The Morgan fingerprint density at radius 2 is 2.23 bits per heavy atom. The van der Waals surface area contributed by atoms with Crippen molar-refractivity contribution in [3.05, 3.63) is 28.8 Å². The molecule has 0 bridgehead atoms. The Morgan fingerprint density at radius 3 is 2.85 bits per heavy atom. The first-order valence-electron chi connectivity index (χ1n) is 4.31. The Bertz CT molecular complexity index is 276. The minimum absolute atomic E-state index is 0.655. The van der Waals surface area contributed by atoms with Gasteiger partial charge < -0.3 is 10.1 Å². The molecular weight excluding hydrogens is 186 g/mol. The fourth-order valence-electron chi connectivity index (χ4n) is 1.08. The second-order valence-corrected chi connectivity index (χ2v) is 3.16. The third-order valence-electron chi connectivity index (χ3n) is 1.79. The van der Waals surface area contributed by atoms with Crippen molar-refractivity contribution >= 4 is 11.6 Å². The van der Waals surface area contributed by atoms with Crippen LogP contribution in [0.25, 0.3) is 0 Å². The first-order chi connectivity index (χ1) is 6.27. The first kappa shape index (κ1) is 10.4. The van der Waals surface area contributed by atoms with E-state index < -0.39 is 0 Å². The Labute approximate surface area is 83.9 Å². The predicted octanol–water partition coefficient (Wildman–Crippen LogP) is 2.46. The van der Waals surface area contributed by atoms with Crippen molar-refractivity contribution in [3.8, 4) is 5.75 Å². The van der Waals surface area contributed by atoms with Gasteiger partial charge >= 0.3 is 0 Å². The van der Waals surface area contributed by atoms with Crippen molar-refractivity contribution in [1.29, 1.82) is 0 Å². The van der Waals surface area contributed by atoms with E-state index in [1.807, 2.05) is 18.2 Å². The molecule has 0 unspecified atom stereocenters. The fraction of sp³-hybridized carbons (Fsp3) is 0.400. The van der Waals surface area contributed by atoms with E-state index in [9.17, 15) is 0 Å². The van der Waals surface area contributed by atoms with Crippen molar-refractivity contribution < 1.29 is 4.74 Å². The zero-order chi connectivity index (χ0) is 9.68. The lowest BCUT2D eigenvalue weighted by atomic mass is 10.2. The number of benzene rings is 1. The number of nitrogens with one attached hydrogen (secondary N) is 1. The average molecular weight is 200 g/mol. The van der Waals surface area contributed by atoms with Gasteiger partial charge in [-0.25, -0.2) is 0 Å². The molecule has 13 heavy (non-hydrogen) atoms. The number of ether oxygens (including phenoxy) is 1. The second kappa shape index (κ2) is 5.10. The summed E-state index contributed by atoms with van der Waals surface area (Å²) in [5.74, 6) is 0.733. The van der Waals surface area contributed by atoms with Gasteiger partial charge in [-0.2, -0.15) is 0 Å². The van der Waals surface area contributed by atoms with E-state index in [4.69, 9.17) is 16.3 Å². The molecule has 0 spiro atoms. The van der Waals surface area contributed by atoms with Crippen LogP contribution in [0.3, 0.4) is 0 Å². The summed E-state index contributed by atoms with van der Waals surface area (Å²) >= 11 is 5.88. The second-order valence-electron chi connectivity index (χ2n) is 2.75. The van der Waals surface area contributed by atoms with Crippen LogP contribution in [0.15, 0.2) is 18.2 Å². The van der Waals surface area contributed by atoms with Gasteiger partial charge in [-0.1, -0.05) is 24.6 Å². The molecule has 0 amide bonds. The molecule has 0 radical (unpaired) electrons. The van der Waals surface area contributed by atoms with E-state index in [2.05, 4.69) is 12.2 Å². The van der Waals surface area contributed by atoms with Crippen LogP contribution in [0.4, 0.5) is 0 Å². The minimum atomic E-state index is 0.655. The van der Waals surface area contributed by atoms with Crippen LogP contribution in [0.1, 0.15) is 12.5 Å². The highest BCUT2D eigenvalue weighted by Crippen LogP contribution is 2.24. The topological polar surface area (TPSA) is 21.3 Å². The molecule has 0 aromatic heterocycles. The van der Waals surface area contributed by atoms with E-state index in [0.717, 1.165) is 18.8 Å². The molecule has 3 heteroatoms. The maximum absolute atomic E-state index is 5.88. The Kier molecular flexibility index (Phi) is 4.06. The first-order valence-corrected chi connectivity index (χ1v) is 4.69. The molecule has 1 rings (SSSR count). The predicted molar refractivity (Wildman–Crippen MR) is 55.4 cm³/mol. The van der Waals surface area contributed by atoms with Gasteiger partial charge in [0.2, 0.25) is 0 Å². The smallest absolute Gasteiger partial charge is 0.137 e. The van der Waals surface area contributed by atoms with Crippen LogP contribution in [0, 0.1) is 0 Å². The quantitative estimate of drug-likeness (QED) is 0.805. The summed E-state index contributed by atoms with van der Waals surface area (Å²) in [6.45, 7) is 3.89. The third-order valence-corrected chi connectivity index (χ3v) is 2.11. The molecule has 0 atom stereocenters. The maximum atomic E-state index is 5.88. The lowest BCUT2D eigenvalue weighted by Crippen LogP contribution is -2.11. The van der Waals surface area contributed by atoms with E-state index in [-0.39, 0.29) is 0 Å². The Balaban J connectivity index is 2.74. The van der Waals surface area contributed by atoms with Crippen molar-refractivity contribution in [2.24, 2.45) is 0 Å². The largest absolute Gasteiger partial charge is 0.495 e. The summed E-state index contributed by atoms with van der Waals surface area (Å²) in [5.41, 5.74) is 1.18. The van der Waals surface area contributed by atoms with Gasteiger partial charge in [0.05, 0.1) is 12.1 Å². The van der Waals surface area contributed by atoms with Crippen molar-refractivity contribution in [3.63, 3.8) is 0 Å². The standard InChI is InChI=1S/C10H14ClNO/c1-3-12-7-8-4-5-9(11)10(6-8)13-2/h4-6,12H,3,7H2,1-2H3. The van der Waals surface area contributed by atoms with Gasteiger partial charge in [-0.05, 0) is 24.2 Å². The molecule has 0 aliphatic rings. The van der Waals surface area contributed by atoms with Gasteiger partial charge in [0.15, 0.2) is 0 Å². The average Bonchev–Trinajstić information content (AvgIpc) is 2.16. The highest BCUT2D eigenvalue weighted by molar-refractivity contribution is 6.32. The molecule has 0 heterocycles. The van der Waals surface area contributed by atoms with Crippen LogP contribution in [-0.4, -0.2) is 13.7 Å². The molecule has 0 aliphatic carbocycles. The number of hydrogen-bond donors (Lipinski definition) is 1. The van der Waals surface area contributed by atoms with Crippen molar-refractivity contribution in [1.82, 2.24) is 5.32 Å². The van der Waals surface area contributed by atoms with E-state index in [0.29, 0.717) is 5.02 Å². The van der Waals surface area contributed by atoms with Crippen molar-refractivity contribution in [2.45, 2.75) is 13.5 Å². The van der Waals surface area contributed by atoms with Crippen LogP contribution in [0.5, 0.6) is 5.75 Å². The molecule has 0 saturated carbocycles. The van der Waals surface area contributed by atoms with Crippen LogP contribution in [-0.2, 0) is 6.54 Å². The molecule has 1 N–H and O–H groups in total. The number of hydrogen-bond acceptors (Lipinski definition) is 2. The highest BCUT2D eigenvalue weighted by atomic mass is 35.5. The van der Waals surface area contributed by atoms with Crippen LogP contribution < -0.4 is 10.1 Å². The summed E-state index contributed by atoms with van der Waals surface area (Å²) in [6.07, 6.45) is 0. The molecule has 1 aromatic carbocycles. The third kappa shape index (κ3) is 2.90. The van der Waals surface area contributed by atoms with E-state index >= 15 is 0 Å². The monoisotopic (exact) mass is 199 g/mol. The van der Waals surface area contributed by atoms with Crippen molar-refractivity contribution in [2.75, 3.05) is 13.7 Å². The van der Waals surface area contributed by atoms with Gasteiger partial charge in [0.1, 0.15) is 5.75 Å². The molecular formula is C10H14ClNO. The highest BCUT2D eigenvalue weighted by Gasteiger charge is 2.00. The normalized spacial score (nSPS) is 10.1. The molecule has 1 aromatic rings. The SMILES string of the molecule is CCNCc1ccc(Cl)c(OC)c1. The number of rotatable bonds is 4. The van der Waals surface area contributed by atoms with E-state index in [1.165, 1.54) is 5.56 Å². The summed E-state index contributed by atoms with van der Waals surface area (Å²) in [7, 11) is 1.62. The molecule has 72 valence electrons. The fourth-order valence-corrected chi connectivity index (χ4v) is 1.28. The number of halogens is 1.